The average Bonchev–Trinajstić information content (AvgIpc) is 2.81. The second-order valence-corrected chi connectivity index (χ2v) is 6.30. The Bertz CT molecular complexity index is 823. The van der Waals surface area contributed by atoms with Gasteiger partial charge in [0.25, 0.3) is 0 Å². The fraction of sp³-hybridized carbons (Fsp3) is 0.333. The number of hydrogen-bond acceptors (Lipinski definition) is 2. The van der Waals surface area contributed by atoms with Crippen molar-refractivity contribution >= 4 is 27.5 Å². The van der Waals surface area contributed by atoms with Crippen molar-refractivity contribution in [1.82, 2.24) is 9.78 Å². The van der Waals surface area contributed by atoms with Gasteiger partial charge in [0.2, 0.25) is 11.7 Å². The van der Waals surface area contributed by atoms with Gasteiger partial charge in [0.05, 0.1) is 22.6 Å². The Labute approximate surface area is 148 Å². The Kier molecular flexibility index (Phi) is 5.50. The Morgan fingerprint density at radius 2 is 1.56 bits per heavy atom. The van der Waals surface area contributed by atoms with Crippen LogP contribution in [0.2, 0.25) is 0 Å². The van der Waals surface area contributed by atoms with Gasteiger partial charge in [-0.25, -0.2) is 22.0 Å². The molecule has 0 bridgehead atoms. The van der Waals surface area contributed by atoms with Gasteiger partial charge in [-0.15, -0.1) is 0 Å². The molecule has 1 aromatic heterocycles. The predicted octanol–water partition coefficient (Wildman–Crippen LogP) is 4.23. The summed E-state index contributed by atoms with van der Waals surface area (Å²) in [6.45, 7) is 4.98. The van der Waals surface area contributed by atoms with Crippen molar-refractivity contribution in [2.75, 3.05) is 5.32 Å². The molecule has 136 valence electrons. The highest BCUT2D eigenvalue weighted by Crippen LogP contribution is 2.28. The molecule has 0 aliphatic heterocycles. The van der Waals surface area contributed by atoms with Gasteiger partial charge in [0, 0.05) is 5.69 Å². The maximum Gasteiger partial charge on any atom is 0.229 e. The number of anilines is 1. The second kappa shape index (κ2) is 7.11. The highest BCUT2D eigenvalue weighted by molar-refractivity contribution is 9.10. The van der Waals surface area contributed by atoms with Crippen molar-refractivity contribution in [2.45, 2.75) is 27.3 Å². The minimum atomic E-state index is -2.28. The van der Waals surface area contributed by atoms with Crippen LogP contribution in [0.1, 0.15) is 18.3 Å². The lowest BCUT2D eigenvalue weighted by atomic mass is 10.1. The molecule has 0 saturated heterocycles. The summed E-state index contributed by atoms with van der Waals surface area (Å²) in [4.78, 5) is 12.1. The van der Waals surface area contributed by atoms with Gasteiger partial charge in [0.15, 0.2) is 23.3 Å². The summed E-state index contributed by atoms with van der Waals surface area (Å²) in [5.41, 5.74) is 0.0426. The van der Waals surface area contributed by atoms with Crippen molar-refractivity contribution in [2.24, 2.45) is 5.92 Å². The number of benzene rings is 1. The third-order valence-corrected chi connectivity index (χ3v) is 4.79. The van der Waals surface area contributed by atoms with Crippen LogP contribution in [0.25, 0.3) is 0 Å². The first-order valence-corrected chi connectivity index (χ1v) is 7.87. The highest BCUT2D eigenvalue weighted by Gasteiger charge is 2.28. The van der Waals surface area contributed by atoms with Gasteiger partial charge in [-0.1, -0.05) is 6.92 Å². The second-order valence-electron chi connectivity index (χ2n) is 5.50. The van der Waals surface area contributed by atoms with E-state index < -0.39 is 46.6 Å². The van der Waals surface area contributed by atoms with Crippen molar-refractivity contribution < 1.29 is 26.7 Å². The summed E-state index contributed by atoms with van der Waals surface area (Å²) in [5, 5.41) is 5.95. The van der Waals surface area contributed by atoms with Crippen molar-refractivity contribution in [3.05, 3.63) is 44.9 Å². The van der Waals surface area contributed by atoms with E-state index in [0.717, 1.165) is 10.2 Å². The minimum absolute atomic E-state index is 0.0551. The van der Waals surface area contributed by atoms with Crippen LogP contribution in [0.5, 0.6) is 0 Å². The van der Waals surface area contributed by atoms with E-state index >= 15 is 0 Å². The summed E-state index contributed by atoms with van der Waals surface area (Å²) < 4.78 is 68.8. The Balaban J connectivity index is 2.24. The minimum Gasteiger partial charge on any atom is -0.321 e. The monoisotopic (exact) mass is 425 g/mol. The molecule has 1 atom stereocenters. The van der Waals surface area contributed by atoms with Crippen LogP contribution >= 0.6 is 15.9 Å². The number of hydrogen-bond donors (Lipinski definition) is 1. The van der Waals surface area contributed by atoms with E-state index in [4.69, 9.17) is 0 Å². The fourth-order valence-electron chi connectivity index (χ4n) is 2.16. The fourth-order valence-corrected chi connectivity index (χ4v) is 2.44. The van der Waals surface area contributed by atoms with Gasteiger partial charge in [0.1, 0.15) is 5.69 Å². The van der Waals surface area contributed by atoms with Gasteiger partial charge < -0.3 is 5.32 Å². The molecule has 0 aliphatic rings. The molecule has 10 heteroatoms. The van der Waals surface area contributed by atoms with E-state index in [1.807, 2.05) is 0 Å². The van der Waals surface area contributed by atoms with Crippen LogP contribution in [-0.2, 0) is 11.3 Å². The molecular formula is C15H13BrF5N3O. The number of nitrogens with one attached hydrogen (secondary N) is 1. The van der Waals surface area contributed by atoms with E-state index in [9.17, 15) is 26.7 Å². The molecule has 0 fully saturated rings. The molecule has 1 aromatic carbocycles. The van der Waals surface area contributed by atoms with Gasteiger partial charge in [-0.05, 0) is 29.8 Å². The molecule has 0 spiro atoms. The molecule has 0 saturated carbocycles. The van der Waals surface area contributed by atoms with Gasteiger partial charge >= 0.3 is 0 Å². The number of amides is 1. The van der Waals surface area contributed by atoms with E-state index in [1.165, 1.54) is 11.6 Å². The summed E-state index contributed by atoms with van der Waals surface area (Å²) in [7, 11) is 0. The molecule has 1 unspecified atom stereocenters. The molecular weight excluding hydrogens is 413 g/mol. The van der Waals surface area contributed by atoms with Crippen molar-refractivity contribution in [3.8, 4) is 0 Å². The lowest BCUT2D eigenvalue weighted by Gasteiger charge is -2.15. The SMILES string of the molecule is Cc1nn(CC(C)C(=O)Nc2c(F)c(F)c(F)c(F)c2F)c(C)c1Br. The van der Waals surface area contributed by atoms with Crippen LogP contribution in [0.3, 0.4) is 0 Å². The number of halogens is 6. The summed E-state index contributed by atoms with van der Waals surface area (Å²) >= 11 is 3.32. The maximum atomic E-state index is 13.6. The molecule has 0 radical (unpaired) electrons. The molecule has 0 aliphatic carbocycles. The number of rotatable bonds is 4. The zero-order valence-corrected chi connectivity index (χ0v) is 14.9. The molecule has 1 amide bonds. The van der Waals surface area contributed by atoms with Gasteiger partial charge in [-0.3, -0.25) is 9.48 Å². The number of carbonyl (C=O) groups is 1. The number of carbonyl (C=O) groups excluding carboxylic acids is 1. The van der Waals surface area contributed by atoms with E-state index in [-0.39, 0.29) is 6.54 Å². The van der Waals surface area contributed by atoms with E-state index in [2.05, 4.69) is 21.0 Å². The van der Waals surface area contributed by atoms with Crippen LogP contribution in [-0.4, -0.2) is 15.7 Å². The molecule has 4 nitrogen and oxygen atoms in total. The normalized spacial score (nSPS) is 12.4. The van der Waals surface area contributed by atoms with Crippen LogP contribution in [0, 0.1) is 48.9 Å². The zero-order chi connectivity index (χ0) is 19.0. The Hall–Kier alpha value is -1.97. The first-order valence-electron chi connectivity index (χ1n) is 7.08. The van der Waals surface area contributed by atoms with E-state index in [0.29, 0.717) is 5.69 Å². The zero-order valence-electron chi connectivity index (χ0n) is 13.4. The average molecular weight is 426 g/mol. The quantitative estimate of drug-likeness (QED) is 0.452. The maximum absolute atomic E-state index is 13.6. The van der Waals surface area contributed by atoms with Gasteiger partial charge in [-0.2, -0.15) is 5.10 Å². The highest BCUT2D eigenvalue weighted by atomic mass is 79.9. The molecule has 25 heavy (non-hydrogen) atoms. The first-order chi connectivity index (χ1) is 11.6. The number of aromatic nitrogens is 2. The first kappa shape index (κ1) is 19.4. The molecule has 1 heterocycles. The summed E-state index contributed by atoms with van der Waals surface area (Å²) in [6, 6.07) is 0. The van der Waals surface area contributed by atoms with Crippen molar-refractivity contribution in [1.29, 1.82) is 0 Å². The van der Waals surface area contributed by atoms with Crippen LogP contribution in [0.15, 0.2) is 4.47 Å². The topological polar surface area (TPSA) is 46.9 Å². The Morgan fingerprint density at radius 1 is 1.08 bits per heavy atom. The number of nitrogens with zero attached hydrogens (tertiary/aromatic N) is 2. The third-order valence-electron chi connectivity index (χ3n) is 3.65. The standard InChI is InChI=1S/C15H13BrF5N3O/c1-5(4-24-7(3)8(16)6(2)23-24)15(25)22-14-12(20)10(18)9(17)11(19)13(14)21/h5H,4H2,1-3H3,(H,22,25). The lowest BCUT2D eigenvalue weighted by molar-refractivity contribution is -0.119. The van der Waals surface area contributed by atoms with Crippen molar-refractivity contribution in [3.63, 3.8) is 0 Å². The van der Waals surface area contributed by atoms with E-state index in [1.54, 1.807) is 19.2 Å². The molecule has 2 aromatic rings. The molecule has 1 N–H and O–H groups in total. The summed E-state index contributed by atoms with van der Waals surface area (Å²) in [6.07, 6.45) is 0. The third kappa shape index (κ3) is 3.53. The molecule has 2 rings (SSSR count). The largest absolute Gasteiger partial charge is 0.321 e. The predicted molar refractivity (Wildman–Crippen MR) is 83.4 cm³/mol. The lowest BCUT2D eigenvalue weighted by Crippen LogP contribution is -2.27. The summed E-state index contributed by atoms with van der Waals surface area (Å²) in [5.74, 6) is -12.5. The smallest absolute Gasteiger partial charge is 0.229 e. The Morgan fingerprint density at radius 3 is 2.00 bits per heavy atom. The van der Waals surface area contributed by atoms with Crippen LogP contribution < -0.4 is 5.32 Å². The van der Waals surface area contributed by atoms with Crippen LogP contribution in [0.4, 0.5) is 27.6 Å². The number of aryl methyl sites for hydroxylation is 1.